The Morgan fingerprint density at radius 3 is 2.20 bits per heavy atom. The molecule has 9 aromatic rings. The predicted octanol–water partition coefficient (Wildman–Crippen LogP) is 12.5. The third kappa shape index (κ3) is 3.84. The number of hydrogen-bond acceptors (Lipinski definition) is 4. The summed E-state index contributed by atoms with van der Waals surface area (Å²) in [5.41, 5.74) is 9.37. The van der Waals surface area contributed by atoms with Gasteiger partial charge in [0.15, 0.2) is 11.6 Å². The zero-order valence-electron chi connectivity index (χ0n) is 27.2. The highest BCUT2D eigenvalue weighted by atomic mass is 32.1. The minimum Gasteiger partial charge on any atom is -0.296 e. The summed E-state index contributed by atoms with van der Waals surface area (Å²) in [6.07, 6.45) is 9.30. The molecule has 0 amide bonds. The molecule has 0 N–H and O–H groups in total. The van der Waals surface area contributed by atoms with Gasteiger partial charge in [-0.1, -0.05) is 134 Å². The summed E-state index contributed by atoms with van der Waals surface area (Å²) < 4.78 is 6.15. The van der Waals surface area contributed by atoms with Crippen LogP contribution in [0.25, 0.3) is 80.1 Å². The highest BCUT2D eigenvalue weighted by Gasteiger charge is 2.47. The zero-order chi connectivity index (χ0) is 33.0. The number of aromatic nitrogens is 3. The Bertz CT molecular complexity index is 2900. The van der Waals surface area contributed by atoms with Gasteiger partial charge in [-0.3, -0.25) is 4.57 Å². The Morgan fingerprint density at radius 2 is 1.34 bits per heavy atom. The SMILES string of the molecule is CC12C=CC=CC1c1c(c3ccccc3n1-c1nc(-c3cccc(-c4ccccc4)c3)nc3c1sc1ccccc13)-c1sc3ccccc3c12. The van der Waals surface area contributed by atoms with E-state index in [2.05, 4.69) is 163 Å². The molecule has 3 nitrogen and oxygen atoms in total. The van der Waals surface area contributed by atoms with E-state index in [0.717, 1.165) is 33.0 Å². The zero-order valence-corrected chi connectivity index (χ0v) is 28.8. The smallest absolute Gasteiger partial charge is 0.162 e. The molecule has 2 aliphatic rings. The number of rotatable bonds is 3. The van der Waals surface area contributed by atoms with Crippen LogP contribution in [0.3, 0.4) is 0 Å². The van der Waals surface area contributed by atoms with Crippen LogP contribution in [0.1, 0.15) is 24.1 Å². The molecule has 236 valence electrons. The van der Waals surface area contributed by atoms with Crippen molar-refractivity contribution in [2.24, 2.45) is 0 Å². The molecule has 11 rings (SSSR count). The first-order chi connectivity index (χ1) is 24.7. The van der Waals surface area contributed by atoms with Crippen molar-refractivity contribution in [2.75, 3.05) is 0 Å². The average Bonchev–Trinajstić information content (AvgIpc) is 3.85. The molecule has 0 saturated carbocycles. The highest BCUT2D eigenvalue weighted by molar-refractivity contribution is 7.26. The van der Waals surface area contributed by atoms with Gasteiger partial charge < -0.3 is 0 Å². The average molecular weight is 676 g/mol. The lowest BCUT2D eigenvalue weighted by molar-refractivity contribution is 0.510. The van der Waals surface area contributed by atoms with Gasteiger partial charge in [0.2, 0.25) is 0 Å². The second-order valence-electron chi connectivity index (χ2n) is 13.5. The number of allylic oxidation sites excluding steroid dienone is 4. The van der Waals surface area contributed by atoms with Gasteiger partial charge in [0, 0.05) is 53.2 Å². The van der Waals surface area contributed by atoms with Gasteiger partial charge in [-0.2, -0.15) is 0 Å². The van der Waals surface area contributed by atoms with Crippen LogP contribution >= 0.6 is 22.7 Å². The van der Waals surface area contributed by atoms with Crippen LogP contribution in [-0.2, 0) is 5.41 Å². The first-order valence-corrected chi connectivity index (χ1v) is 18.7. The molecule has 0 spiro atoms. The third-order valence-electron chi connectivity index (χ3n) is 10.7. The maximum atomic E-state index is 5.58. The van der Waals surface area contributed by atoms with E-state index >= 15 is 0 Å². The first-order valence-electron chi connectivity index (χ1n) is 17.0. The van der Waals surface area contributed by atoms with E-state index in [9.17, 15) is 0 Å². The Labute approximate surface area is 297 Å². The van der Waals surface area contributed by atoms with E-state index in [0.29, 0.717) is 0 Å². The molecule has 2 atom stereocenters. The van der Waals surface area contributed by atoms with Crippen molar-refractivity contribution in [2.45, 2.75) is 18.3 Å². The Kier molecular flexibility index (Phi) is 5.90. The molecular formula is C45H29N3S2. The molecule has 5 aromatic carbocycles. The van der Waals surface area contributed by atoms with Crippen LogP contribution in [0.15, 0.2) is 152 Å². The van der Waals surface area contributed by atoms with E-state index in [-0.39, 0.29) is 11.3 Å². The molecule has 5 heteroatoms. The number of benzene rings is 5. The number of para-hydroxylation sites is 1. The first kappa shape index (κ1) is 28.2. The summed E-state index contributed by atoms with van der Waals surface area (Å²) in [6, 6.07) is 45.7. The largest absolute Gasteiger partial charge is 0.296 e. The lowest BCUT2D eigenvalue weighted by Crippen LogP contribution is -2.33. The van der Waals surface area contributed by atoms with Gasteiger partial charge in [0.1, 0.15) is 0 Å². The van der Waals surface area contributed by atoms with Crippen LogP contribution in [0.2, 0.25) is 0 Å². The summed E-state index contributed by atoms with van der Waals surface area (Å²) in [5, 5.41) is 3.79. The van der Waals surface area contributed by atoms with Crippen LogP contribution < -0.4 is 0 Å². The quantitative estimate of drug-likeness (QED) is 0.187. The number of hydrogen-bond donors (Lipinski definition) is 0. The van der Waals surface area contributed by atoms with Crippen molar-refractivity contribution in [1.82, 2.24) is 14.5 Å². The van der Waals surface area contributed by atoms with E-state index in [1.807, 2.05) is 11.3 Å². The topological polar surface area (TPSA) is 30.7 Å². The second kappa shape index (κ2) is 10.4. The summed E-state index contributed by atoms with van der Waals surface area (Å²) in [4.78, 5) is 12.3. The van der Waals surface area contributed by atoms with Crippen LogP contribution in [-0.4, -0.2) is 14.5 Å². The van der Waals surface area contributed by atoms with Crippen molar-refractivity contribution >= 4 is 64.0 Å². The van der Waals surface area contributed by atoms with Crippen molar-refractivity contribution in [3.63, 3.8) is 0 Å². The van der Waals surface area contributed by atoms with Gasteiger partial charge >= 0.3 is 0 Å². The minimum absolute atomic E-state index is 0.115. The lowest BCUT2D eigenvalue weighted by atomic mass is 9.63. The summed E-state index contributed by atoms with van der Waals surface area (Å²) >= 11 is 3.72. The van der Waals surface area contributed by atoms with Gasteiger partial charge in [-0.05, 0) is 46.3 Å². The summed E-state index contributed by atoms with van der Waals surface area (Å²) in [6.45, 7) is 2.43. The normalized spacial score (nSPS) is 17.8. The van der Waals surface area contributed by atoms with E-state index in [1.165, 1.54) is 58.3 Å². The molecule has 0 bridgehead atoms. The maximum absolute atomic E-state index is 5.58. The number of thiophene rings is 2. The fourth-order valence-electron chi connectivity index (χ4n) is 8.45. The molecule has 0 radical (unpaired) electrons. The van der Waals surface area contributed by atoms with Crippen molar-refractivity contribution in [1.29, 1.82) is 0 Å². The number of nitrogens with zero attached hydrogens (tertiary/aromatic N) is 3. The molecule has 0 saturated heterocycles. The van der Waals surface area contributed by atoms with Crippen LogP contribution in [0, 0.1) is 0 Å². The number of fused-ring (bicyclic) bond motifs is 13. The van der Waals surface area contributed by atoms with Crippen molar-refractivity contribution in [3.05, 3.63) is 163 Å². The van der Waals surface area contributed by atoms with Gasteiger partial charge in [0.05, 0.1) is 15.7 Å². The lowest BCUT2D eigenvalue weighted by Gasteiger charge is -2.41. The van der Waals surface area contributed by atoms with Gasteiger partial charge in [-0.15, -0.1) is 22.7 Å². The van der Waals surface area contributed by atoms with E-state index < -0.39 is 0 Å². The molecule has 0 fully saturated rings. The fraction of sp³-hybridized carbons (Fsp3) is 0.0667. The Morgan fingerprint density at radius 1 is 0.640 bits per heavy atom. The molecule has 2 aliphatic carbocycles. The molecule has 4 heterocycles. The van der Waals surface area contributed by atoms with E-state index in [4.69, 9.17) is 9.97 Å². The predicted molar refractivity (Wildman–Crippen MR) is 212 cm³/mol. The van der Waals surface area contributed by atoms with Crippen molar-refractivity contribution < 1.29 is 0 Å². The summed E-state index contributed by atoms with van der Waals surface area (Å²) in [7, 11) is 0. The standard InChI is InChI=1S/C45H29N3S2/c1-45-25-12-11-21-33(45)40-37(41-38(45)31-19-6-9-23-35(31)49-41)30-18-5-8-22-34(30)48(40)44-42-39(32-20-7-10-24-36(32)50-42)46-43(47-44)29-17-13-16-28(26-29)27-14-3-2-4-15-27/h2-26,33H,1H3. The fourth-order valence-corrected chi connectivity index (χ4v) is 11.0. The molecule has 0 aliphatic heterocycles. The third-order valence-corrected chi connectivity index (χ3v) is 13.1. The molecule has 2 unspecified atom stereocenters. The highest BCUT2D eigenvalue weighted by Crippen LogP contribution is 2.60. The van der Waals surface area contributed by atoms with Crippen LogP contribution in [0.5, 0.6) is 0 Å². The Hall–Kier alpha value is -5.62. The van der Waals surface area contributed by atoms with E-state index in [1.54, 1.807) is 11.3 Å². The molecule has 50 heavy (non-hydrogen) atoms. The van der Waals surface area contributed by atoms with Crippen LogP contribution in [0.4, 0.5) is 0 Å². The molecule has 4 aromatic heterocycles. The monoisotopic (exact) mass is 675 g/mol. The van der Waals surface area contributed by atoms with Gasteiger partial charge in [-0.25, -0.2) is 9.97 Å². The minimum atomic E-state index is -0.220. The Balaban J connectivity index is 1.27. The second-order valence-corrected chi connectivity index (χ2v) is 15.6. The van der Waals surface area contributed by atoms with Gasteiger partial charge in [0.25, 0.3) is 0 Å². The van der Waals surface area contributed by atoms with Crippen molar-refractivity contribution in [3.8, 4) is 38.8 Å². The molecular weight excluding hydrogens is 647 g/mol. The summed E-state index contributed by atoms with van der Waals surface area (Å²) in [5.74, 6) is 1.80. The maximum Gasteiger partial charge on any atom is 0.162 e.